The fourth-order valence-electron chi connectivity index (χ4n) is 2.01. The second kappa shape index (κ2) is 8.08. The van der Waals surface area contributed by atoms with Crippen LogP contribution in [0.3, 0.4) is 0 Å². The molecule has 0 radical (unpaired) electrons. The lowest BCUT2D eigenvalue weighted by molar-refractivity contribution is 0.145. The molecule has 0 spiro atoms. The average Bonchev–Trinajstić information content (AvgIpc) is 2.50. The van der Waals surface area contributed by atoms with E-state index in [2.05, 4.69) is 0 Å². The van der Waals surface area contributed by atoms with Gasteiger partial charge < -0.3 is 18.9 Å². The molecule has 0 aliphatic heterocycles. The van der Waals surface area contributed by atoms with E-state index in [4.69, 9.17) is 30.5 Å². The summed E-state index contributed by atoms with van der Waals surface area (Å²) in [7, 11) is 3.27. The summed E-state index contributed by atoms with van der Waals surface area (Å²) in [5, 5.41) is 2.41. The summed E-state index contributed by atoms with van der Waals surface area (Å²) in [4.78, 5) is 0. The van der Waals surface area contributed by atoms with E-state index in [0.717, 1.165) is 16.5 Å². The monoisotopic (exact) mass is 310 g/mol. The van der Waals surface area contributed by atoms with Crippen LogP contribution in [0.2, 0.25) is 5.02 Å². The van der Waals surface area contributed by atoms with Crippen molar-refractivity contribution in [2.75, 3.05) is 40.6 Å². The van der Waals surface area contributed by atoms with Crippen LogP contribution in [0.15, 0.2) is 30.3 Å². The Morgan fingerprint density at radius 1 is 0.857 bits per heavy atom. The maximum atomic E-state index is 6.32. The number of halogens is 1. The number of methoxy groups -OCH3 is 2. The van der Waals surface area contributed by atoms with Crippen molar-refractivity contribution < 1.29 is 18.9 Å². The van der Waals surface area contributed by atoms with Crippen LogP contribution in [0, 0.1) is 0 Å². The quantitative estimate of drug-likeness (QED) is 0.699. The van der Waals surface area contributed by atoms with Crippen LogP contribution in [0.4, 0.5) is 0 Å². The number of fused-ring (bicyclic) bond motifs is 1. The number of rotatable bonds is 8. The highest BCUT2D eigenvalue weighted by molar-refractivity contribution is 6.33. The lowest BCUT2D eigenvalue weighted by Crippen LogP contribution is -2.07. The minimum absolute atomic E-state index is 0.449. The molecule has 0 aliphatic rings. The Hall–Kier alpha value is -1.49. The number of hydrogen-bond acceptors (Lipinski definition) is 4. The highest BCUT2D eigenvalue weighted by atomic mass is 35.5. The molecule has 4 nitrogen and oxygen atoms in total. The molecular weight excluding hydrogens is 292 g/mol. The minimum Gasteiger partial charge on any atom is -0.490 e. The Morgan fingerprint density at radius 3 is 2.14 bits per heavy atom. The van der Waals surface area contributed by atoms with Crippen molar-refractivity contribution in [1.29, 1.82) is 0 Å². The van der Waals surface area contributed by atoms with Gasteiger partial charge in [-0.3, -0.25) is 0 Å². The molecule has 0 saturated carbocycles. The van der Waals surface area contributed by atoms with Gasteiger partial charge in [-0.2, -0.15) is 0 Å². The van der Waals surface area contributed by atoms with Crippen LogP contribution in [0.1, 0.15) is 0 Å². The molecule has 0 amide bonds. The average molecular weight is 311 g/mol. The van der Waals surface area contributed by atoms with Gasteiger partial charge in [0, 0.05) is 31.1 Å². The molecule has 5 heteroatoms. The van der Waals surface area contributed by atoms with Crippen LogP contribution < -0.4 is 9.47 Å². The standard InChI is InChI=1S/C16H19ClO4/c1-18-7-9-20-15-11-14(17)16(21-10-8-19-2)13-6-4-3-5-12(13)15/h3-6,11H,7-10H2,1-2H3. The first-order valence-corrected chi connectivity index (χ1v) is 7.10. The van der Waals surface area contributed by atoms with Crippen molar-refractivity contribution >= 4 is 22.4 Å². The van der Waals surface area contributed by atoms with Gasteiger partial charge in [0.2, 0.25) is 0 Å². The minimum atomic E-state index is 0.449. The molecule has 114 valence electrons. The molecule has 0 saturated heterocycles. The van der Waals surface area contributed by atoms with Gasteiger partial charge in [-0.15, -0.1) is 0 Å². The Balaban J connectivity index is 2.33. The van der Waals surface area contributed by atoms with Gasteiger partial charge in [0.05, 0.1) is 18.2 Å². The van der Waals surface area contributed by atoms with Gasteiger partial charge in [0.1, 0.15) is 24.7 Å². The molecule has 0 aromatic heterocycles. The topological polar surface area (TPSA) is 36.9 Å². The molecule has 21 heavy (non-hydrogen) atoms. The largest absolute Gasteiger partial charge is 0.490 e. The third kappa shape index (κ3) is 4.00. The van der Waals surface area contributed by atoms with E-state index in [9.17, 15) is 0 Å². The van der Waals surface area contributed by atoms with Gasteiger partial charge in [-0.05, 0) is 0 Å². The molecular formula is C16H19ClO4. The Kier molecular flexibility index (Phi) is 6.11. The molecule has 2 aromatic rings. The van der Waals surface area contributed by atoms with Crippen molar-refractivity contribution in [3.05, 3.63) is 35.4 Å². The maximum Gasteiger partial charge on any atom is 0.146 e. The molecule has 2 aromatic carbocycles. The molecule has 0 fully saturated rings. The maximum absolute atomic E-state index is 6.32. The summed E-state index contributed by atoms with van der Waals surface area (Å²) in [5.74, 6) is 1.38. The summed E-state index contributed by atoms with van der Waals surface area (Å²) < 4.78 is 21.5. The first-order chi connectivity index (χ1) is 10.3. The van der Waals surface area contributed by atoms with Gasteiger partial charge in [-0.25, -0.2) is 0 Å². The van der Waals surface area contributed by atoms with Crippen molar-refractivity contribution in [2.45, 2.75) is 0 Å². The normalized spacial score (nSPS) is 10.8. The zero-order valence-electron chi connectivity index (χ0n) is 12.2. The molecule has 0 bridgehead atoms. The lowest BCUT2D eigenvalue weighted by Gasteiger charge is -2.15. The third-order valence-electron chi connectivity index (χ3n) is 2.99. The fraction of sp³-hybridized carbons (Fsp3) is 0.375. The highest BCUT2D eigenvalue weighted by Crippen LogP contribution is 2.39. The van der Waals surface area contributed by atoms with E-state index in [0.29, 0.717) is 37.2 Å². The van der Waals surface area contributed by atoms with Crippen molar-refractivity contribution in [3.8, 4) is 11.5 Å². The van der Waals surface area contributed by atoms with Crippen LogP contribution in [0.5, 0.6) is 11.5 Å². The predicted octanol–water partition coefficient (Wildman–Crippen LogP) is 3.54. The second-order valence-electron chi connectivity index (χ2n) is 4.41. The first-order valence-electron chi connectivity index (χ1n) is 6.72. The second-order valence-corrected chi connectivity index (χ2v) is 4.82. The number of ether oxygens (including phenoxy) is 4. The third-order valence-corrected chi connectivity index (χ3v) is 3.27. The van der Waals surface area contributed by atoms with Gasteiger partial charge in [0.15, 0.2) is 0 Å². The predicted molar refractivity (Wildman–Crippen MR) is 83.7 cm³/mol. The Morgan fingerprint density at radius 2 is 1.48 bits per heavy atom. The fourth-order valence-corrected chi connectivity index (χ4v) is 2.27. The van der Waals surface area contributed by atoms with E-state index in [1.165, 1.54) is 0 Å². The number of benzene rings is 2. The van der Waals surface area contributed by atoms with E-state index in [1.807, 2.05) is 24.3 Å². The Labute approximate surface area is 129 Å². The summed E-state index contributed by atoms with van der Waals surface area (Å²) in [6.45, 7) is 1.96. The van der Waals surface area contributed by atoms with Crippen molar-refractivity contribution in [2.24, 2.45) is 0 Å². The molecule has 0 unspecified atom stereocenters. The Bertz CT molecular complexity index is 586. The summed E-state index contributed by atoms with van der Waals surface area (Å²) in [5.41, 5.74) is 0. The molecule has 0 heterocycles. The van der Waals surface area contributed by atoms with Crippen LogP contribution in [-0.2, 0) is 9.47 Å². The van der Waals surface area contributed by atoms with Crippen LogP contribution >= 0.6 is 11.6 Å². The van der Waals surface area contributed by atoms with E-state index in [-0.39, 0.29) is 0 Å². The smallest absolute Gasteiger partial charge is 0.146 e. The van der Waals surface area contributed by atoms with Crippen LogP contribution in [-0.4, -0.2) is 40.6 Å². The summed E-state index contributed by atoms with van der Waals surface area (Å²) in [6.07, 6.45) is 0. The first kappa shape index (κ1) is 15.9. The summed E-state index contributed by atoms with van der Waals surface area (Å²) in [6, 6.07) is 9.63. The SMILES string of the molecule is COCCOc1cc(Cl)c(OCCOC)c2ccccc12. The van der Waals surface area contributed by atoms with Gasteiger partial charge >= 0.3 is 0 Å². The van der Waals surface area contributed by atoms with E-state index < -0.39 is 0 Å². The van der Waals surface area contributed by atoms with Crippen molar-refractivity contribution in [1.82, 2.24) is 0 Å². The van der Waals surface area contributed by atoms with E-state index >= 15 is 0 Å². The molecule has 2 rings (SSSR count). The number of hydrogen-bond donors (Lipinski definition) is 0. The zero-order chi connectivity index (χ0) is 15.1. The molecule has 0 N–H and O–H groups in total. The highest BCUT2D eigenvalue weighted by Gasteiger charge is 2.13. The van der Waals surface area contributed by atoms with Gasteiger partial charge in [0.25, 0.3) is 0 Å². The molecule has 0 atom stereocenters. The lowest BCUT2D eigenvalue weighted by atomic mass is 10.1. The van der Waals surface area contributed by atoms with E-state index in [1.54, 1.807) is 20.3 Å². The zero-order valence-corrected chi connectivity index (χ0v) is 13.0. The van der Waals surface area contributed by atoms with Gasteiger partial charge in [-0.1, -0.05) is 35.9 Å². The van der Waals surface area contributed by atoms with Crippen molar-refractivity contribution in [3.63, 3.8) is 0 Å². The molecule has 0 aliphatic carbocycles. The van der Waals surface area contributed by atoms with Crippen LogP contribution in [0.25, 0.3) is 10.8 Å². The summed E-state index contributed by atoms with van der Waals surface area (Å²) >= 11 is 6.32.